The number of nitrogens with one attached hydrogen (secondary N) is 3. The number of carbonyl (C=O) groups excluding carboxylic acids is 5. The van der Waals surface area contributed by atoms with E-state index in [9.17, 15) is 24.0 Å². The number of carbonyl (C=O) groups is 5. The number of esters is 1. The maximum Gasteiger partial charge on any atom is 0.328 e. The van der Waals surface area contributed by atoms with Crippen LogP contribution in [0.1, 0.15) is 65.4 Å². The van der Waals surface area contributed by atoms with E-state index in [4.69, 9.17) is 4.74 Å². The number of benzene rings is 1. The van der Waals surface area contributed by atoms with Crippen LogP contribution in [0.4, 0.5) is 0 Å². The molecule has 8 atom stereocenters. The Morgan fingerprint density at radius 2 is 1.79 bits per heavy atom. The SMILES string of the molecule is COC(=O)[C@H](C[C@@H]1CCNC1=O)NC(=O)[C@@H]1[C@@H]2[C@H](CN1C(=O)C(NC(=O)[C@@H]1C[C@H]1c1ccccc1)C(C)(C)C)C2(C)C. The molecule has 228 valence electrons. The van der Waals surface area contributed by atoms with Crippen molar-refractivity contribution in [2.75, 3.05) is 20.2 Å². The maximum absolute atomic E-state index is 14.2. The zero-order valence-corrected chi connectivity index (χ0v) is 25.4. The Morgan fingerprint density at radius 1 is 1.10 bits per heavy atom. The quantitative estimate of drug-likeness (QED) is 0.383. The summed E-state index contributed by atoms with van der Waals surface area (Å²) in [7, 11) is 1.25. The van der Waals surface area contributed by atoms with Crippen molar-refractivity contribution in [2.45, 2.75) is 77.9 Å². The molecule has 0 radical (unpaired) electrons. The average Bonchev–Trinajstić information content (AvgIpc) is 3.70. The predicted octanol–water partition coefficient (Wildman–Crippen LogP) is 1.99. The van der Waals surface area contributed by atoms with Crippen LogP contribution in [0, 0.1) is 34.5 Å². The van der Waals surface area contributed by atoms with Gasteiger partial charge in [0.1, 0.15) is 18.1 Å². The number of amides is 4. The van der Waals surface area contributed by atoms with Crippen LogP contribution in [0.5, 0.6) is 0 Å². The van der Waals surface area contributed by atoms with Gasteiger partial charge in [0.25, 0.3) is 0 Å². The number of nitrogens with zero attached hydrogens (tertiary/aromatic N) is 1. The van der Waals surface area contributed by atoms with Crippen molar-refractivity contribution in [3.63, 3.8) is 0 Å². The van der Waals surface area contributed by atoms with Gasteiger partial charge in [-0.3, -0.25) is 19.2 Å². The molecule has 2 saturated heterocycles. The monoisotopic (exact) mass is 580 g/mol. The topological polar surface area (TPSA) is 134 Å². The number of fused-ring (bicyclic) bond motifs is 1. The highest BCUT2D eigenvalue weighted by Gasteiger charge is 2.70. The first-order valence-corrected chi connectivity index (χ1v) is 15.1. The second-order valence-electron chi connectivity index (χ2n) is 14.2. The van der Waals surface area contributed by atoms with E-state index in [1.54, 1.807) is 4.90 Å². The van der Waals surface area contributed by atoms with Crippen LogP contribution < -0.4 is 16.0 Å². The van der Waals surface area contributed by atoms with Crippen LogP contribution in [0.3, 0.4) is 0 Å². The van der Waals surface area contributed by atoms with E-state index in [0.717, 1.165) is 12.0 Å². The molecule has 1 aromatic carbocycles. The minimum atomic E-state index is -1.00. The third-order valence-corrected chi connectivity index (χ3v) is 10.00. The van der Waals surface area contributed by atoms with E-state index in [1.807, 2.05) is 51.1 Å². The van der Waals surface area contributed by atoms with Crippen molar-refractivity contribution in [3.8, 4) is 0 Å². The van der Waals surface area contributed by atoms with Crippen LogP contribution in [-0.2, 0) is 28.7 Å². The lowest BCUT2D eigenvalue weighted by Crippen LogP contribution is -2.60. The number of hydrogen-bond donors (Lipinski definition) is 3. The van der Waals surface area contributed by atoms with E-state index < -0.39 is 41.3 Å². The summed E-state index contributed by atoms with van der Waals surface area (Å²) < 4.78 is 4.96. The summed E-state index contributed by atoms with van der Waals surface area (Å²) in [6.45, 7) is 10.8. The third-order valence-electron chi connectivity index (χ3n) is 10.00. The Labute approximate surface area is 247 Å². The molecule has 1 unspecified atom stereocenters. The van der Waals surface area contributed by atoms with Crippen LogP contribution in [0.25, 0.3) is 0 Å². The fraction of sp³-hybridized carbons (Fsp3) is 0.656. The van der Waals surface area contributed by atoms with Gasteiger partial charge in [0, 0.05) is 24.9 Å². The van der Waals surface area contributed by atoms with Gasteiger partial charge in [0.15, 0.2) is 0 Å². The third kappa shape index (κ3) is 5.64. The number of piperidine rings is 1. The first-order chi connectivity index (χ1) is 19.8. The highest BCUT2D eigenvalue weighted by Crippen LogP contribution is 2.65. The average molecular weight is 581 g/mol. The number of ether oxygens (including phenoxy) is 1. The van der Waals surface area contributed by atoms with Crippen molar-refractivity contribution < 1.29 is 28.7 Å². The molecular weight excluding hydrogens is 536 g/mol. The van der Waals surface area contributed by atoms with Gasteiger partial charge in [-0.2, -0.15) is 0 Å². The van der Waals surface area contributed by atoms with Crippen molar-refractivity contribution in [3.05, 3.63) is 35.9 Å². The van der Waals surface area contributed by atoms with Crippen molar-refractivity contribution in [2.24, 2.45) is 34.5 Å². The molecule has 3 N–H and O–H groups in total. The molecule has 0 spiro atoms. The summed E-state index contributed by atoms with van der Waals surface area (Å²) in [5, 5.41) is 8.64. The van der Waals surface area contributed by atoms with Gasteiger partial charge in [-0.25, -0.2) is 4.79 Å². The van der Waals surface area contributed by atoms with Crippen LogP contribution in [0.15, 0.2) is 30.3 Å². The lowest BCUT2D eigenvalue weighted by molar-refractivity contribution is -0.149. The lowest BCUT2D eigenvalue weighted by Gasteiger charge is -2.38. The maximum atomic E-state index is 14.2. The van der Waals surface area contributed by atoms with E-state index in [1.165, 1.54) is 7.11 Å². The van der Waals surface area contributed by atoms with E-state index in [2.05, 4.69) is 29.8 Å². The minimum absolute atomic E-state index is 0.0725. The molecule has 10 nitrogen and oxygen atoms in total. The summed E-state index contributed by atoms with van der Waals surface area (Å²) in [6.07, 6.45) is 1.45. The number of likely N-dealkylation sites (tertiary alicyclic amines) is 1. The van der Waals surface area contributed by atoms with Gasteiger partial charge in [0.2, 0.25) is 23.6 Å². The van der Waals surface area contributed by atoms with Crippen LogP contribution in [-0.4, -0.2) is 72.8 Å². The molecule has 2 saturated carbocycles. The largest absolute Gasteiger partial charge is 0.467 e. The van der Waals surface area contributed by atoms with Crippen molar-refractivity contribution in [1.29, 1.82) is 0 Å². The standard InChI is InChI=1S/C32H44N4O6/c1-31(2,3)25(35-27(38)20-15-19(20)17-10-8-7-9-11-17)29(40)36-16-21-23(32(21,4)5)24(36)28(39)34-22(30(41)42-6)14-18-12-13-33-26(18)37/h7-11,18-25H,12-16H2,1-6H3,(H,33,37)(H,34,39)(H,35,38)/t18-,19-,20+,21-,22-,23-,24-,25?/m0/s1. The summed E-state index contributed by atoms with van der Waals surface area (Å²) in [5.74, 6) is -2.03. The highest BCUT2D eigenvalue weighted by molar-refractivity contribution is 5.96. The van der Waals surface area contributed by atoms with Crippen molar-refractivity contribution >= 4 is 29.6 Å². The second-order valence-corrected chi connectivity index (χ2v) is 14.2. The van der Waals surface area contributed by atoms with Crippen molar-refractivity contribution in [1.82, 2.24) is 20.9 Å². The summed E-state index contributed by atoms with van der Waals surface area (Å²) in [4.78, 5) is 67.9. The molecular formula is C32H44N4O6. The Kier molecular flexibility index (Phi) is 7.87. The summed E-state index contributed by atoms with van der Waals surface area (Å²) >= 11 is 0. The molecule has 2 aliphatic carbocycles. The zero-order chi connectivity index (χ0) is 30.6. The van der Waals surface area contributed by atoms with Crippen LogP contribution >= 0.6 is 0 Å². The highest BCUT2D eigenvalue weighted by atomic mass is 16.5. The number of hydrogen-bond acceptors (Lipinski definition) is 6. The van der Waals surface area contributed by atoms with Gasteiger partial charge in [-0.15, -0.1) is 0 Å². The summed E-state index contributed by atoms with van der Waals surface area (Å²) in [6, 6.07) is 7.29. The lowest BCUT2D eigenvalue weighted by atomic mass is 9.85. The fourth-order valence-corrected chi connectivity index (χ4v) is 7.20. The van der Waals surface area contributed by atoms with Gasteiger partial charge in [0.05, 0.1) is 7.11 Å². The Hall–Kier alpha value is -3.43. The fourth-order valence-electron chi connectivity index (χ4n) is 7.20. The molecule has 2 aliphatic heterocycles. The molecule has 4 amide bonds. The normalized spacial score (nSPS) is 30.4. The molecule has 10 heteroatoms. The van der Waals surface area contributed by atoms with E-state index in [0.29, 0.717) is 19.5 Å². The molecule has 4 aliphatic rings. The Bertz CT molecular complexity index is 1260. The molecule has 4 fully saturated rings. The first-order valence-electron chi connectivity index (χ1n) is 15.1. The smallest absolute Gasteiger partial charge is 0.328 e. The number of methoxy groups -OCH3 is 1. The van der Waals surface area contributed by atoms with Gasteiger partial charge in [-0.05, 0) is 53.4 Å². The molecule has 42 heavy (non-hydrogen) atoms. The Balaban J connectivity index is 1.32. The molecule has 5 rings (SSSR count). The first kappa shape index (κ1) is 30.0. The Morgan fingerprint density at radius 3 is 2.38 bits per heavy atom. The number of rotatable bonds is 9. The van der Waals surface area contributed by atoms with Gasteiger partial charge >= 0.3 is 5.97 Å². The molecule has 0 aromatic heterocycles. The van der Waals surface area contributed by atoms with E-state index in [-0.39, 0.29) is 53.2 Å². The summed E-state index contributed by atoms with van der Waals surface area (Å²) in [5.41, 5.74) is 0.380. The molecule has 0 bridgehead atoms. The minimum Gasteiger partial charge on any atom is -0.467 e. The zero-order valence-electron chi connectivity index (χ0n) is 25.4. The molecule has 2 heterocycles. The predicted molar refractivity (Wildman–Crippen MR) is 155 cm³/mol. The van der Waals surface area contributed by atoms with Gasteiger partial charge in [-0.1, -0.05) is 65.0 Å². The molecule has 1 aromatic rings. The van der Waals surface area contributed by atoms with E-state index >= 15 is 0 Å². The van der Waals surface area contributed by atoms with Crippen LogP contribution in [0.2, 0.25) is 0 Å². The second kappa shape index (κ2) is 11.0. The van der Waals surface area contributed by atoms with Gasteiger partial charge < -0.3 is 25.6 Å².